The van der Waals surface area contributed by atoms with E-state index >= 15 is 0 Å². The van der Waals surface area contributed by atoms with Gasteiger partial charge in [-0.15, -0.1) is 10.2 Å². The second-order valence-electron chi connectivity index (χ2n) is 6.22. The number of aryl methyl sites for hydroxylation is 1. The van der Waals surface area contributed by atoms with Gasteiger partial charge in [0.2, 0.25) is 11.0 Å². The Labute approximate surface area is 146 Å². The van der Waals surface area contributed by atoms with Crippen molar-refractivity contribution in [1.29, 1.82) is 0 Å². The summed E-state index contributed by atoms with van der Waals surface area (Å²) >= 11 is 4.75. The average molecular weight is 346 g/mol. The van der Waals surface area contributed by atoms with E-state index in [-0.39, 0.29) is 11.0 Å². The Morgan fingerprint density at radius 2 is 2.00 bits per heavy atom. The minimum Gasteiger partial charge on any atom is -0.493 e. The highest BCUT2D eigenvalue weighted by Gasteiger charge is 2.20. The third-order valence-corrected chi connectivity index (χ3v) is 4.43. The molecule has 8 heteroatoms. The second-order valence-corrected chi connectivity index (χ2v) is 6.64. The zero-order chi connectivity index (χ0) is 17.3. The van der Waals surface area contributed by atoms with Crippen LogP contribution in [-0.2, 0) is 6.67 Å². The molecule has 1 aliphatic rings. The molecule has 1 fully saturated rings. The molecule has 0 amide bonds. The lowest BCUT2D eigenvalue weighted by Gasteiger charge is -2.32. The van der Waals surface area contributed by atoms with E-state index in [1.54, 1.807) is 0 Å². The van der Waals surface area contributed by atoms with Crippen molar-refractivity contribution in [2.75, 3.05) is 33.2 Å². The lowest BCUT2D eigenvalue weighted by atomic mass is 10.1. The van der Waals surface area contributed by atoms with Crippen molar-refractivity contribution in [3.05, 3.63) is 23.8 Å². The number of hydrogen-bond acceptors (Lipinski definition) is 5. The summed E-state index contributed by atoms with van der Waals surface area (Å²) < 4.78 is 1.87. The molecule has 2 heterocycles. The van der Waals surface area contributed by atoms with Crippen molar-refractivity contribution >= 4 is 33.9 Å². The van der Waals surface area contributed by atoms with Crippen LogP contribution in [0.1, 0.15) is 5.56 Å². The van der Waals surface area contributed by atoms with E-state index in [1.165, 1.54) is 0 Å². The van der Waals surface area contributed by atoms with Gasteiger partial charge in [-0.05, 0) is 38.3 Å². The molecule has 1 saturated heterocycles. The summed E-state index contributed by atoms with van der Waals surface area (Å²) in [4.78, 5) is 4.61. The van der Waals surface area contributed by atoms with Gasteiger partial charge in [-0.3, -0.25) is 9.47 Å². The lowest BCUT2D eigenvalue weighted by Crippen LogP contribution is -2.44. The van der Waals surface area contributed by atoms with Crippen LogP contribution < -0.4 is 5.73 Å². The van der Waals surface area contributed by atoms with Crippen LogP contribution in [0.4, 0.5) is 5.69 Å². The molecule has 2 aromatic rings. The third-order valence-electron chi connectivity index (χ3n) is 4.35. The van der Waals surface area contributed by atoms with E-state index in [9.17, 15) is 5.11 Å². The van der Waals surface area contributed by atoms with Crippen molar-refractivity contribution in [2.45, 2.75) is 13.6 Å². The molecule has 0 aliphatic carbocycles. The normalized spacial score (nSPS) is 17.1. The molecule has 0 atom stereocenters. The fourth-order valence-corrected chi connectivity index (χ4v) is 3.01. The summed E-state index contributed by atoms with van der Waals surface area (Å²) in [6.45, 7) is 6.58. The molecular weight excluding hydrogens is 324 g/mol. The van der Waals surface area contributed by atoms with Crippen LogP contribution in [0.3, 0.4) is 0 Å². The Morgan fingerprint density at radius 1 is 1.29 bits per heavy atom. The Balaban J connectivity index is 2.00. The molecule has 3 rings (SSSR count). The first-order valence-corrected chi connectivity index (χ1v) is 8.30. The van der Waals surface area contributed by atoms with Crippen LogP contribution in [0.5, 0.6) is 5.88 Å². The predicted molar refractivity (Wildman–Crippen MR) is 98.7 cm³/mol. The summed E-state index contributed by atoms with van der Waals surface area (Å²) in [5, 5.41) is 19.3. The number of nitrogens with two attached hydrogens (primary N) is 1. The number of piperazine rings is 1. The van der Waals surface area contributed by atoms with Gasteiger partial charge in [-0.25, -0.2) is 0 Å². The first-order valence-electron chi connectivity index (χ1n) is 7.89. The monoisotopic (exact) mass is 346 g/mol. The van der Waals surface area contributed by atoms with Gasteiger partial charge in [0.25, 0.3) is 0 Å². The molecule has 1 aromatic carbocycles. The molecule has 0 spiro atoms. The van der Waals surface area contributed by atoms with Gasteiger partial charge < -0.3 is 15.7 Å². The van der Waals surface area contributed by atoms with Crippen LogP contribution in [0.15, 0.2) is 28.4 Å². The fraction of sp³-hybridized carbons (Fsp3) is 0.438. The van der Waals surface area contributed by atoms with Gasteiger partial charge >= 0.3 is 0 Å². The highest BCUT2D eigenvalue weighted by Crippen LogP contribution is 2.39. The van der Waals surface area contributed by atoms with Crippen molar-refractivity contribution in [3.63, 3.8) is 0 Å². The fourth-order valence-electron chi connectivity index (χ4n) is 2.97. The van der Waals surface area contributed by atoms with E-state index in [2.05, 4.69) is 27.1 Å². The number of nitrogens with zero attached hydrogens (tertiary/aromatic N) is 5. The molecule has 0 radical (unpaired) electrons. The van der Waals surface area contributed by atoms with Crippen LogP contribution >= 0.6 is 12.2 Å². The molecule has 1 aromatic heterocycles. The molecule has 0 bridgehead atoms. The molecule has 3 N–H and O–H groups in total. The minimum absolute atomic E-state index is 0.0537. The molecule has 0 saturated carbocycles. The van der Waals surface area contributed by atoms with Gasteiger partial charge in [-0.1, -0.05) is 11.6 Å². The number of thiocarbonyl (C=S) groups is 1. The maximum atomic E-state index is 10.7. The minimum atomic E-state index is -0.0537. The Morgan fingerprint density at radius 3 is 2.67 bits per heavy atom. The number of aromatic nitrogens is 1. The Bertz CT molecular complexity index is 791. The van der Waals surface area contributed by atoms with Gasteiger partial charge in [0, 0.05) is 31.6 Å². The highest BCUT2D eigenvalue weighted by atomic mass is 32.1. The Hall–Kier alpha value is -2.03. The average Bonchev–Trinajstić information content (AvgIpc) is 2.79. The molecule has 1 aliphatic heterocycles. The Kier molecular flexibility index (Phi) is 4.79. The maximum Gasteiger partial charge on any atom is 0.221 e. The summed E-state index contributed by atoms with van der Waals surface area (Å²) in [5.41, 5.74) is 7.83. The van der Waals surface area contributed by atoms with Crippen LogP contribution in [0.25, 0.3) is 10.9 Å². The molecule has 7 nitrogen and oxygen atoms in total. The zero-order valence-corrected chi connectivity index (χ0v) is 14.8. The van der Waals surface area contributed by atoms with Crippen molar-refractivity contribution in [1.82, 2.24) is 14.4 Å². The van der Waals surface area contributed by atoms with Gasteiger partial charge in [0.05, 0.1) is 12.2 Å². The number of rotatable bonds is 3. The molecule has 128 valence electrons. The summed E-state index contributed by atoms with van der Waals surface area (Å²) in [7, 11) is 2.12. The standard InChI is InChI=1S/C16H22N6OS/c1-11-3-4-13-12(9-11)14(18-19-16(17)24)15(23)22(13)10-21-7-5-20(2)6-8-21/h3-4,9,23H,5-8,10H2,1-2H3,(H2,17,24). The van der Waals surface area contributed by atoms with Crippen molar-refractivity contribution < 1.29 is 5.11 Å². The first-order chi connectivity index (χ1) is 11.5. The lowest BCUT2D eigenvalue weighted by molar-refractivity contribution is 0.123. The largest absolute Gasteiger partial charge is 0.493 e. The number of azo groups is 1. The predicted octanol–water partition coefficient (Wildman–Crippen LogP) is 2.19. The molecule has 0 unspecified atom stereocenters. The van der Waals surface area contributed by atoms with Gasteiger partial charge in [0.15, 0.2) is 5.69 Å². The van der Waals surface area contributed by atoms with E-state index in [0.29, 0.717) is 12.4 Å². The number of hydrogen-bond donors (Lipinski definition) is 2. The highest BCUT2D eigenvalue weighted by molar-refractivity contribution is 7.80. The maximum absolute atomic E-state index is 10.7. The van der Waals surface area contributed by atoms with Crippen LogP contribution in [0.2, 0.25) is 0 Å². The van der Waals surface area contributed by atoms with E-state index < -0.39 is 0 Å². The first kappa shape index (κ1) is 16.8. The van der Waals surface area contributed by atoms with Gasteiger partial charge in [-0.2, -0.15) is 0 Å². The smallest absolute Gasteiger partial charge is 0.221 e. The summed E-state index contributed by atoms with van der Waals surface area (Å²) in [6.07, 6.45) is 0. The second kappa shape index (κ2) is 6.84. The number of aromatic hydroxyl groups is 1. The third kappa shape index (κ3) is 3.40. The summed E-state index contributed by atoms with van der Waals surface area (Å²) in [6, 6.07) is 6.01. The molecular formula is C16H22N6OS. The van der Waals surface area contributed by atoms with Crippen LogP contribution in [0, 0.1) is 6.92 Å². The van der Waals surface area contributed by atoms with Gasteiger partial charge in [0.1, 0.15) is 0 Å². The number of benzene rings is 1. The number of likely N-dealkylation sites (N-methyl/N-ethyl adjacent to an activating group) is 1. The van der Waals surface area contributed by atoms with Crippen molar-refractivity contribution in [3.8, 4) is 5.88 Å². The van der Waals surface area contributed by atoms with E-state index in [0.717, 1.165) is 42.6 Å². The van der Waals surface area contributed by atoms with E-state index in [4.69, 9.17) is 18.0 Å². The van der Waals surface area contributed by atoms with E-state index in [1.807, 2.05) is 29.7 Å². The van der Waals surface area contributed by atoms with Crippen molar-refractivity contribution in [2.24, 2.45) is 16.0 Å². The topological polar surface area (TPSA) is 82.4 Å². The van der Waals surface area contributed by atoms with Crippen LogP contribution in [-0.4, -0.2) is 57.8 Å². The summed E-state index contributed by atoms with van der Waals surface area (Å²) in [5.74, 6) is 0.0922. The number of fused-ring (bicyclic) bond motifs is 1. The quantitative estimate of drug-likeness (QED) is 0.657. The molecule has 24 heavy (non-hydrogen) atoms. The SMILES string of the molecule is Cc1ccc2c(c1)c(N=NC(N)=S)c(O)n2CN1CCN(C)CC1. The zero-order valence-electron chi connectivity index (χ0n) is 13.9.